The first-order valence-corrected chi connectivity index (χ1v) is 9.13. The number of amides is 1. The highest BCUT2D eigenvalue weighted by molar-refractivity contribution is 5.94. The van der Waals surface area contributed by atoms with Crippen LogP contribution in [0.4, 0.5) is 0 Å². The zero-order valence-electron chi connectivity index (χ0n) is 15.1. The average Bonchev–Trinajstić information content (AvgIpc) is 2.86. The summed E-state index contributed by atoms with van der Waals surface area (Å²) in [5, 5.41) is 7.83. The fraction of sp³-hybridized carbons (Fsp3) is 0.778. The Labute approximate surface area is 139 Å². The predicted molar refractivity (Wildman–Crippen MR) is 91.8 cm³/mol. The molecule has 130 valence electrons. The maximum Gasteiger partial charge on any atom is 0.269 e. The van der Waals surface area contributed by atoms with E-state index >= 15 is 0 Å². The number of carbonyl (C=O) groups excluding carboxylic acids is 1. The average molecular weight is 321 g/mol. The lowest BCUT2D eigenvalue weighted by atomic mass is 9.75. The molecule has 2 aliphatic rings. The monoisotopic (exact) mass is 321 g/mol. The fourth-order valence-electron chi connectivity index (χ4n) is 3.60. The van der Waals surface area contributed by atoms with Crippen LogP contribution in [0.25, 0.3) is 0 Å². The van der Waals surface area contributed by atoms with Gasteiger partial charge in [-0.05, 0) is 38.0 Å². The number of nitrogens with zero attached hydrogens (tertiary/aromatic N) is 2. The highest BCUT2D eigenvalue weighted by atomic mass is 16.5. The lowest BCUT2D eigenvalue weighted by molar-refractivity contribution is 0.0160. The molecule has 1 saturated heterocycles. The number of hydrogen-bond donors (Lipinski definition) is 1. The number of hydrogen-bond acceptors (Lipinski definition) is 3. The van der Waals surface area contributed by atoms with E-state index in [-0.39, 0.29) is 11.3 Å². The number of fused-ring (bicyclic) bond motifs is 1. The van der Waals surface area contributed by atoms with Gasteiger partial charge in [-0.15, -0.1) is 0 Å². The van der Waals surface area contributed by atoms with Crippen molar-refractivity contribution < 1.29 is 9.53 Å². The summed E-state index contributed by atoms with van der Waals surface area (Å²) in [5.41, 5.74) is 3.26. The Hall–Kier alpha value is -1.36. The Morgan fingerprint density at radius 1 is 1.26 bits per heavy atom. The van der Waals surface area contributed by atoms with E-state index in [0.29, 0.717) is 0 Å². The largest absolute Gasteiger partial charge is 0.381 e. The zero-order chi connectivity index (χ0) is 16.9. The van der Waals surface area contributed by atoms with E-state index in [4.69, 9.17) is 9.84 Å². The summed E-state index contributed by atoms with van der Waals surface area (Å²) in [6, 6.07) is 0. The van der Waals surface area contributed by atoms with Gasteiger partial charge in [0.05, 0.1) is 5.69 Å². The van der Waals surface area contributed by atoms with Crippen molar-refractivity contribution in [2.45, 2.75) is 66.3 Å². The van der Waals surface area contributed by atoms with Crippen LogP contribution in [0.1, 0.15) is 68.7 Å². The van der Waals surface area contributed by atoms with Crippen molar-refractivity contribution in [2.24, 2.45) is 5.41 Å². The quantitative estimate of drug-likeness (QED) is 0.931. The molecule has 5 nitrogen and oxygen atoms in total. The molecule has 1 aromatic heterocycles. The van der Waals surface area contributed by atoms with E-state index in [1.54, 1.807) is 0 Å². The van der Waals surface area contributed by atoms with Gasteiger partial charge in [0.15, 0.2) is 0 Å². The molecule has 0 bridgehead atoms. The van der Waals surface area contributed by atoms with Crippen molar-refractivity contribution in [2.75, 3.05) is 19.8 Å². The summed E-state index contributed by atoms with van der Waals surface area (Å²) in [6.45, 7) is 11.3. The van der Waals surface area contributed by atoms with Gasteiger partial charge >= 0.3 is 0 Å². The highest BCUT2D eigenvalue weighted by Crippen LogP contribution is 2.37. The molecule has 23 heavy (non-hydrogen) atoms. The molecule has 0 atom stereocenters. The van der Waals surface area contributed by atoms with E-state index in [2.05, 4.69) is 12.2 Å². The maximum absolute atomic E-state index is 12.5. The third-order valence-electron chi connectivity index (χ3n) is 4.86. The number of ether oxygens (including phenoxy) is 1. The van der Waals surface area contributed by atoms with Gasteiger partial charge in [0.25, 0.3) is 5.91 Å². The van der Waals surface area contributed by atoms with Gasteiger partial charge in [0.2, 0.25) is 0 Å². The molecule has 0 aromatic carbocycles. The van der Waals surface area contributed by atoms with Gasteiger partial charge in [0, 0.05) is 31.9 Å². The molecular weight excluding hydrogens is 290 g/mol. The van der Waals surface area contributed by atoms with Crippen LogP contribution >= 0.6 is 0 Å². The van der Waals surface area contributed by atoms with Gasteiger partial charge in [-0.1, -0.05) is 27.2 Å². The minimum Gasteiger partial charge on any atom is -0.381 e. The topological polar surface area (TPSA) is 56.1 Å². The van der Waals surface area contributed by atoms with Crippen LogP contribution in [0.3, 0.4) is 0 Å². The predicted octanol–water partition coefficient (Wildman–Crippen LogP) is 2.96. The SMILES string of the molecule is CC.CCCc1nn(CC)c2c1CC1(CCOCC1)CNC2=O. The maximum atomic E-state index is 12.5. The summed E-state index contributed by atoms with van der Waals surface area (Å²) in [7, 11) is 0. The third kappa shape index (κ3) is 3.60. The Morgan fingerprint density at radius 2 is 1.96 bits per heavy atom. The van der Waals surface area contributed by atoms with Gasteiger partial charge in [-0.25, -0.2) is 0 Å². The van der Waals surface area contributed by atoms with E-state index in [1.165, 1.54) is 5.56 Å². The van der Waals surface area contributed by atoms with Crippen LogP contribution in [0, 0.1) is 5.41 Å². The molecule has 0 radical (unpaired) electrons. The molecule has 3 rings (SSSR count). The first-order chi connectivity index (χ1) is 11.2. The summed E-state index contributed by atoms with van der Waals surface area (Å²) < 4.78 is 7.41. The number of carbonyl (C=O) groups is 1. The Balaban J connectivity index is 0.000000924. The number of aromatic nitrogens is 2. The first kappa shape index (κ1) is 18.0. The van der Waals surface area contributed by atoms with Crippen LogP contribution in [0.15, 0.2) is 0 Å². The lowest BCUT2D eigenvalue weighted by Gasteiger charge is -2.36. The summed E-state index contributed by atoms with van der Waals surface area (Å²) >= 11 is 0. The smallest absolute Gasteiger partial charge is 0.269 e. The number of rotatable bonds is 3. The van der Waals surface area contributed by atoms with Crippen LogP contribution in [-0.4, -0.2) is 35.4 Å². The van der Waals surface area contributed by atoms with E-state index in [9.17, 15) is 4.79 Å². The van der Waals surface area contributed by atoms with Crippen molar-refractivity contribution in [1.82, 2.24) is 15.1 Å². The zero-order valence-corrected chi connectivity index (χ0v) is 15.1. The standard InChI is InChI=1S/C16H25N3O2.C2H6/c1-3-5-13-12-10-16(6-8-21-9-7-16)11-17-15(20)14(12)19(4-2)18-13;1-2/h3-11H2,1-2H3,(H,17,20);1-2H3. The van der Waals surface area contributed by atoms with Gasteiger partial charge in [-0.2, -0.15) is 5.10 Å². The van der Waals surface area contributed by atoms with E-state index in [0.717, 1.165) is 69.8 Å². The molecule has 5 heteroatoms. The number of aryl methyl sites for hydroxylation is 2. The summed E-state index contributed by atoms with van der Waals surface area (Å²) in [6.07, 6.45) is 5.02. The van der Waals surface area contributed by atoms with Crippen LogP contribution in [-0.2, 0) is 24.1 Å². The Morgan fingerprint density at radius 3 is 2.57 bits per heavy atom. The van der Waals surface area contributed by atoms with Crippen molar-refractivity contribution in [3.63, 3.8) is 0 Å². The van der Waals surface area contributed by atoms with Gasteiger partial charge in [0.1, 0.15) is 5.69 Å². The minimum atomic E-state index is 0.0464. The Bertz CT molecular complexity index is 531. The van der Waals surface area contributed by atoms with Gasteiger partial charge < -0.3 is 10.1 Å². The molecule has 1 amide bonds. The van der Waals surface area contributed by atoms with Crippen molar-refractivity contribution in [1.29, 1.82) is 0 Å². The van der Waals surface area contributed by atoms with Crippen LogP contribution in [0.5, 0.6) is 0 Å². The molecule has 1 fully saturated rings. The van der Waals surface area contributed by atoms with Gasteiger partial charge in [-0.3, -0.25) is 9.48 Å². The first-order valence-electron chi connectivity index (χ1n) is 9.13. The molecule has 2 aliphatic heterocycles. The number of nitrogens with one attached hydrogen (secondary N) is 1. The molecule has 0 aliphatic carbocycles. The molecule has 0 unspecified atom stereocenters. The molecule has 1 aromatic rings. The Kier molecular flexibility index (Phi) is 6.22. The molecule has 1 N–H and O–H groups in total. The normalized spacial score (nSPS) is 19.4. The summed E-state index contributed by atoms with van der Waals surface area (Å²) in [5.74, 6) is 0.0464. The second-order valence-corrected chi connectivity index (χ2v) is 6.31. The van der Waals surface area contributed by atoms with Crippen LogP contribution in [0.2, 0.25) is 0 Å². The molecule has 0 saturated carbocycles. The fourth-order valence-corrected chi connectivity index (χ4v) is 3.60. The second kappa shape index (κ2) is 7.95. The van der Waals surface area contributed by atoms with Crippen molar-refractivity contribution in [3.05, 3.63) is 17.0 Å². The highest BCUT2D eigenvalue weighted by Gasteiger charge is 2.39. The molecular formula is C18H31N3O2. The molecule has 1 spiro atoms. The van der Waals surface area contributed by atoms with E-state index in [1.807, 2.05) is 25.5 Å². The third-order valence-corrected chi connectivity index (χ3v) is 4.86. The molecule has 3 heterocycles. The second-order valence-electron chi connectivity index (χ2n) is 6.31. The van der Waals surface area contributed by atoms with Crippen LogP contribution < -0.4 is 5.32 Å². The lowest BCUT2D eigenvalue weighted by Crippen LogP contribution is -2.40. The summed E-state index contributed by atoms with van der Waals surface area (Å²) in [4.78, 5) is 12.5. The minimum absolute atomic E-state index is 0.0464. The van der Waals surface area contributed by atoms with E-state index < -0.39 is 0 Å². The van der Waals surface area contributed by atoms with Crippen molar-refractivity contribution >= 4 is 5.91 Å². The van der Waals surface area contributed by atoms with Crippen molar-refractivity contribution in [3.8, 4) is 0 Å².